The lowest BCUT2D eigenvalue weighted by Gasteiger charge is -2.02. The van der Waals surface area contributed by atoms with E-state index in [1.165, 1.54) is 5.56 Å². The molecule has 0 bridgehead atoms. The zero-order valence-electron chi connectivity index (χ0n) is 11.6. The van der Waals surface area contributed by atoms with Gasteiger partial charge in [0, 0.05) is 24.9 Å². The van der Waals surface area contributed by atoms with Crippen molar-refractivity contribution in [1.82, 2.24) is 15.6 Å². The standard InChI is InChI=1S/C15H19N3OS/c1-16-7-8-17-14(19)10-13-11-20-15(18-13)9-12-5-3-2-4-6-12/h2-6,11,16H,7-10H2,1H3,(H,17,19). The Morgan fingerprint density at radius 2 is 2.05 bits per heavy atom. The number of amides is 1. The third-order valence-corrected chi connectivity index (χ3v) is 3.73. The number of carbonyl (C=O) groups is 1. The molecular formula is C15H19N3OS. The zero-order chi connectivity index (χ0) is 14.2. The maximum atomic E-state index is 11.7. The number of nitrogens with one attached hydrogen (secondary N) is 2. The number of rotatable bonds is 7. The highest BCUT2D eigenvalue weighted by molar-refractivity contribution is 7.09. The minimum Gasteiger partial charge on any atom is -0.354 e. The summed E-state index contributed by atoms with van der Waals surface area (Å²) in [6.45, 7) is 1.43. The minimum atomic E-state index is 0.0248. The van der Waals surface area contributed by atoms with Gasteiger partial charge in [-0.3, -0.25) is 4.79 Å². The molecule has 0 fully saturated rings. The number of hydrogen-bond donors (Lipinski definition) is 2. The Balaban J connectivity index is 1.84. The summed E-state index contributed by atoms with van der Waals surface area (Å²) in [7, 11) is 1.86. The van der Waals surface area contributed by atoms with Gasteiger partial charge in [0.15, 0.2) is 0 Å². The topological polar surface area (TPSA) is 54.0 Å². The predicted molar refractivity (Wildman–Crippen MR) is 82.0 cm³/mol. The molecule has 4 nitrogen and oxygen atoms in total. The molecule has 2 aromatic rings. The van der Waals surface area contributed by atoms with Gasteiger partial charge in [0.2, 0.25) is 5.91 Å². The number of likely N-dealkylation sites (N-methyl/N-ethyl adjacent to an activating group) is 1. The Kier molecular flexibility index (Phi) is 5.70. The molecule has 0 aliphatic rings. The third-order valence-electron chi connectivity index (χ3n) is 2.84. The van der Waals surface area contributed by atoms with E-state index in [9.17, 15) is 4.79 Å². The van der Waals surface area contributed by atoms with Crippen LogP contribution >= 0.6 is 11.3 Å². The average Bonchev–Trinajstić information content (AvgIpc) is 2.87. The van der Waals surface area contributed by atoms with Crippen LogP contribution < -0.4 is 10.6 Å². The van der Waals surface area contributed by atoms with Crippen molar-refractivity contribution >= 4 is 17.2 Å². The number of aromatic nitrogens is 1. The SMILES string of the molecule is CNCCNC(=O)Cc1csc(Cc2ccccc2)n1. The van der Waals surface area contributed by atoms with E-state index >= 15 is 0 Å². The summed E-state index contributed by atoms with van der Waals surface area (Å²) in [6, 6.07) is 10.2. The molecule has 2 rings (SSSR count). The molecular weight excluding hydrogens is 270 g/mol. The molecule has 1 heterocycles. The fourth-order valence-corrected chi connectivity index (χ4v) is 2.66. The van der Waals surface area contributed by atoms with Gasteiger partial charge in [-0.05, 0) is 12.6 Å². The van der Waals surface area contributed by atoms with E-state index in [1.54, 1.807) is 11.3 Å². The average molecular weight is 289 g/mol. The lowest BCUT2D eigenvalue weighted by Crippen LogP contribution is -2.31. The van der Waals surface area contributed by atoms with Crippen molar-refractivity contribution in [1.29, 1.82) is 0 Å². The number of thiazole rings is 1. The number of benzene rings is 1. The lowest BCUT2D eigenvalue weighted by molar-refractivity contribution is -0.120. The van der Waals surface area contributed by atoms with E-state index in [4.69, 9.17) is 0 Å². The van der Waals surface area contributed by atoms with Crippen molar-refractivity contribution in [3.8, 4) is 0 Å². The third kappa shape index (κ3) is 4.75. The van der Waals surface area contributed by atoms with Gasteiger partial charge in [-0.25, -0.2) is 4.98 Å². The Hall–Kier alpha value is -1.72. The van der Waals surface area contributed by atoms with Gasteiger partial charge >= 0.3 is 0 Å². The smallest absolute Gasteiger partial charge is 0.226 e. The van der Waals surface area contributed by atoms with Crippen molar-refractivity contribution in [2.75, 3.05) is 20.1 Å². The second kappa shape index (κ2) is 7.77. The number of nitrogens with zero attached hydrogens (tertiary/aromatic N) is 1. The van der Waals surface area contributed by atoms with Gasteiger partial charge < -0.3 is 10.6 Å². The first-order chi connectivity index (χ1) is 9.78. The minimum absolute atomic E-state index is 0.0248. The van der Waals surface area contributed by atoms with E-state index in [0.29, 0.717) is 13.0 Å². The molecule has 0 aliphatic heterocycles. The van der Waals surface area contributed by atoms with Crippen molar-refractivity contribution in [2.45, 2.75) is 12.8 Å². The monoisotopic (exact) mass is 289 g/mol. The van der Waals surface area contributed by atoms with Crippen LogP contribution in [0, 0.1) is 0 Å². The first-order valence-corrected chi connectivity index (χ1v) is 7.54. The molecule has 5 heteroatoms. The molecule has 1 aromatic heterocycles. The maximum absolute atomic E-state index is 11.7. The van der Waals surface area contributed by atoms with Crippen LogP contribution in [-0.2, 0) is 17.6 Å². The molecule has 0 unspecified atom stereocenters. The molecule has 0 spiro atoms. The van der Waals surface area contributed by atoms with Crippen LogP contribution in [0.4, 0.5) is 0 Å². The van der Waals surface area contributed by atoms with Crippen LogP contribution in [0.15, 0.2) is 35.7 Å². The van der Waals surface area contributed by atoms with Crippen LogP contribution in [0.2, 0.25) is 0 Å². The van der Waals surface area contributed by atoms with Crippen LogP contribution in [0.5, 0.6) is 0 Å². The van der Waals surface area contributed by atoms with Gasteiger partial charge in [0.05, 0.1) is 17.1 Å². The molecule has 1 amide bonds. The lowest BCUT2D eigenvalue weighted by atomic mass is 10.2. The molecule has 0 atom stereocenters. The normalized spacial score (nSPS) is 10.4. The molecule has 2 N–H and O–H groups in total. The number of carbonyl (C=O) groups excluding carboxylic acids is 1. The van der Waals surface area contributed by atoms with Gasteiger partial charge in [-0.1, -0.05) is 30.3 Å². The number of hydrogen-bond acceptors (Lipinski definition) is 4. The van der Waals surface area contributed by atoms with Crippen molar-refractivity contribution in [2.24, 2.45) is 0 Å². The van der Waals surface area contributed by atoms with Crippen LogP contribution in [0.25, 0.3) is 0 Å². The Morgan fingerprint density at radius 1 is 1.25 bits per heavy atom. The summed E-state index contributed by atoms with van der Waals surface area (Å²) >= 11 is 1.61. The summed E-state index contributed by atoms with van der Waals surface area (Å²) in [5.41, 5.74) is 2.09. The Bertz CT molecular complexity index is 539. The predicted octanol–water partition coefficient (Wildman–Crippen LogP) is 1.61. The van der Waals surface area contributed by atoms with E-state index in [-0.39, 0.29) is 5.91 Å². The first kappa shape index (κ1) is 14.7. The largest absolute Gasteiger partial charge is 0.354 e. The highest BCUT2D eigenvalue weighted by atomic mass is 32.1. The molecule has 106 valence electrons. The quantitative estimate of drug-likeness (QED) is 0.762. The van der Waals surface area contributed by atoms with Gasteiger partial charge in [0.25, 0.3) is 0 Å². The van der Waals surface area contributed by atoms with Gasteiger partial charge in [-0.2, -0.15) is 0 Å². The van der Waals surface area contributed by atoms with Crippen LogP contribution in [-0.4, -0.2) is 31.0 Å². The Morgan fingerprint density at radius 3 is 2.80 bits per heavy atom. The first-order valence-electron chi connectivity index (χ1n) is 6.66. The summed E-state index contributed by atoms with van der Waals surface area (Å²) in [4.78, 5) is 16.2. The molecule has 20 heavy (non-hydrogen) atoms. The zero-order valence-corrected chi connectivity index (χ0v) is 12.4. The molecule has 0 saturated carbocycles. The van der Waals surface area contributed by atoms with E-state index in [0.717, 1.165) is 23.7 Å². The van der Waals surface area contributed by atoms with E-state index in [1.807, 2.05) is 30.6 Å². The summed E-state index contributed by atoms with van der Waals surface area (Å²) in [6.07, 6.45) is 1.18. The molecule has 0 saturated heterocycles. The van der Waals surface area contributed by atoms with E-state index in [2.05, 4.69) is 27.8 Å². The Labute approximate surface area is 123 Å². The highest BCUT2D eigenvalue weighted by Gasteiger charge is 2.07. The summed E-state index contributed by atoms with van der Waals surface area (Å²) in [5.74, 6) is 0.0248. The van der Waals surface area contributed by atoms with Gasteiger partial charge in [0.1, 0.15) is 0 Å². The van der Waals surface area contributed by atoms with E-state index < -0.39 is 0 Å². The molecule has 1 aromatic carbocycles. The van der Waals surface area contributed by atoms with Crippen LogP contribution in [0.3, 0.4) is 0 Å². The highest BCUT2D eigenvalue weighted by Crippen LogP contribution is 2.15. The second-order valence-corrected chi connectivity index (χ2v) is 5.47. The van der Waals surface area contributed by atoms with Crippen molar-refractivity contribution < 1.29 is 4.79 Å². The van der Waals surface area contributed by atoms with Crippen LogP contribution in [0.1, 0.15) is 16.3 Å². The summed E-state index contributed by atoms with van der Waals surface area (Å²) < 4.78 is 0. The fourth-order valence-electron chi connectivity index (χ4n) is 1.84. The van der Waals surface area contributed by atoms with Crippen molar-refractivity contribution in [3.63, 3.8) is 0 Å². The molecule has 0 radical (unpaired) electrons. The van der Waals surface area contributed by atoms with Crippen molar-refractivity contribution in [3.05, 3.63) is 52.0 Å². The fraction of sp³-hybridized carbons (Fsp3) is 0.333. The summed E-state index contributed by atoms with van der Waals surface area (Å²) in [5, 5.41) is 8.86. The second-order valence-electron chi connectivity index (χ2n) is 4.53. The maximum Gasteiger partial charge on any atom is 0.226 e. The molecule has 0 aliphatic carbocycles. The van der Waals surface area contributed by atoms with Gasteiger partial charge in [-0.15, -0.1) is 11.3 Å².